The zero-order chi connectivity index (χ0) is 15.0. The lowest BCUT2D eigenvalue weighted by atomic mass is 10.2. The second-order valence-corrected chi connectivity index (χ2v) is 5.11. The van der Waals surface area contributed by atoms with Crippen LogP contribution in [0.25, 0.3) is 0 Å². The summed E-state index contributed by atoms with van der Waals surface area (Å²) in [6.45, 7) is 7.79. The number of carbonyl (C=O) groups is 1. The summed E-state index contributed by atoms with van der Waals surface area (Å²) in [5, 5.41) is 3.00. The number of nitrogens with one attached hydrogen (secondary N) is 1. The van der Waals surface area contributed by atoms with Gasteiger partial charge in [-0.05, 0) is 44.0 Å². The maximum atomic E-state index is 12.2. The van der Waals surface area contributed by atoms with Crippen LogP contribution in [0.15, 0.2) is 24.3 Å². The van der Waals surface area contributed by atoms with Crippen LogP contribution in [0.5, 0.6) is 0 Å². The highest BCUT2D eigenvalue weighted by Gasteiger charge is 2.20. The monoisotopic (exact) mass is 277 g/mol. The number of hydrogen-bond donors (Lipinski definition) is 2. The third-order valence-electron chi connectivity index (χ3n) is 3.37. The summed E-state index contributed by atoms with van der Waals surface area (Å²) in [7, 11) is 0. The molecule has 0 aliphatic heterocycles. The van der Waals surface area contributed by atoms with Gasteiger partial charge in [0.15, 0.2) is 0 Å². The van der Waals surface area contributed by atoms with E-state index in [0.717, 1.165) is 43.7 Å². The summed E-state index contributed by atoms with van der Waals surface area (Å²) in [5.41, 5.74) is 7.50. The van der Waals surface area contributed by atoms with Crippen LogP contribution in [0.1, 0.15) is 40.0 Å². The van der Waals surface area contributed by atoms with Crippen molar-refractivity contribution in [1.29, 1.82) is 0 Å². The molecule has 0 saturated carbocycles. The Bertz CT molecular complexity index is 403. The van der Waals surface area contributed by atoms with Crippen molar-refractivity contribution in [1.82, 2.24) is 5.32 Å². The summed E-state index contributed by atoms with van der Waals surface area (Å²) in [4.78, 5) is 14.3. The molecule has 1 unspecified atom stereocenters. The largest absolute Gasteiger partial charge is 0.399 e. The third-order valence-corrected chi connectivity index (χ3v) is 3.37. The van der Waals surface area contributed by atoms with Crippen LogP contribution in [0.2, 0.25) is 0 Å². The first-order valence-corrected chi connectivity index (χ1v) is 7.50. The predicted octanol–water partition coefficient (Wildman–Crippen LogP) is 2.79. The van der Waals surface area contributed by atoms with Gasteiger partial charge < -0.3 is 16.0 Å². The second-order valence-electron chi connectivity index (χ2n) is 5.11. The topological polar surface area (TPSA) is 58.4 Å². The van der Waals surface area contributed by atoms with E-state index in [9.17, 15) is 4.79 Å². The number of nitrogens with two attached hydrogens (primary N) is 1. The Morgan fingerprint density at radius 3 is 2.45 bits per heavy atom. The van der Waals surface area contributed by atoms with Crippen molar-refractivity contribution in [2.24, 2.45) is 0 Å². The SMILES string of the molecule is CCCCNC(=O)C(C)N(CCC)c1ccc(N)cc1. The first kappa shape index (κ1) is 16.3. The van der Waals surface area contributed by atoms with Crippen LogP contribution in [0.3, 0.4) is 0 Å². The zero-order valence-electron chi connectivity index (χ0n) is 12.9. The van der Waals surface area contributed by atoms with Gasteiger partial charge in [-0.3, -0.25) is 4.79 Å². The molecular weight excluding hydrogens is 250 g/mol. The molecule has 0 fully saturated rings. The highest BCUT2D eigenvalue weighted by molar-refractivity contribution is 5.84. The number of nitrogen functional groups attached to an aromatic ring is 1. The molecule has 0 radical (unpaired) electrons. The quantitative estimate of drug-likeness (QED) is 0.567. The summed E-state index contributed by atoms with van der Waals surface area (Å²) < 4.78 is 0. The molecule has 4 heteroatoms. The molecular formula is C16H27N3O. The molecule has 0 aliphatic rings. The molecule has 0 spiro atoms. The fourth-order valence-electron chi connectivity index (χ4n) is 2.13. The van der Waals surface area contributed by atoms with E-state index in [2.05, 4.69) is 24.1 Å². The molecule has 1 amide bonds. The Morgan fingerprint density at radius 1 is 1.25 bits per heavy atom. The molecule has 1 rings (SSSR count). The van der Waals surface area contributed by atoms with E-state index < -0.39 is 0 Å². The van der Waals surface area contributed by atoms with Gasteiger partial charge in [0.05, 0.1) is 0 Å². The molecule has 0 bridgehead atoms. The van der Waals surface area contributed by atoms with Crippen LogP contribution in [0, 0.1) is 0 Å². The van der Waals surface area contributed by atoms with E-state index in [4.69, 9.17) is 5.73 Å². The van der Waals surface area contributed by atoms with Crippen LogP contribution in [0.4, 0.5) is 11.4 Å². The Labute approximate surface area is 122 Å². The van der Waals surface area contributed by atoms with Gasteiger partial charge in [0.2, 0.25) is 5.91 Å². The van der Waals surface area contributed by atoms with Gasteiger partial charge in [0, 0.05) is 24.5 Å². The number of hydrogen-bond acceptors (Lipinski definition) is 3. The third kappa shape index (κ3) is 4.76. The lowest BCUT2D eigenvalue weighted by Crippen LogP contribution is -2.46. The Morgan fingerprint density at radius 2 is 1.90 bits per heavy atom. The van der Waals surface area contributed by atoms with Crippen molar-refractivity contribution in [3.05, 3.63) is 24.3 Å². The summed E-state index contributed by atoms with van der Waals surface area (Å²) >= 11 is 0. The van der Waals surface area contributed by atoms with Crippen molar-refractivity contribution in [2.75, 3.05) is 23.7 Å². The molecule has 0 saturated heterocycles. The van der Waals surface area contributed by atoms with Crippen molar-refractivity contribution < 1.29 is 4.79 Å². The van der Waals surface area contributed by atoms with E-state index in [1.54, 1.807) is 0 Å². The first-order valence-electron chi connectivity index (χ1n) is 7.50. The summed E-state index contributed by atoms with van der Waals surface area (Å²) in [6, 6.07) is 7.52. The Balaban J connectivity index is 2.73. The van der Waals surface area contributed by atoms with Gasteiger partial charge in [-0.2, -0.15) is 0 Å². The highest BCUT2D eigenvalue weighted by atomic mass is 16.2. The van der Waals surface area contributed by atoms with Gasteiger partial charge >= 0.3 is 0 Å². The van der Waals surface area contributed by atoms with Crippen molar-refractivity contribution >= 4 is 17.3 Å². The molecule has 0 heterocycles. The molecule has 0 aromatic heterocycles. The van der Waals surface area contributed by atoms with Crippen LogP contribution in [-0.4, -0.2) is 25.0 Å². The smallest absolute Gasteiger partial charge is 0.242 e. The minimum absolute atomic E-state index is 0.0868. The minimum atomic E-state index is -0.171. The normalized spacial score (nSPS) is 11.9. The zero-order valence-corrected chi connectivity index (χ0v) is 12.9. The van der Waals surface area contributed by atoms with Crippen LogP contribution in [-0.2, 0) is 4.79 Å². The standard InChI is InChI=1S/C16H27N3O/c1-4-6-11-18-16(20)13(3)19(12-5-2)15-9-7-14(17)8-10-15/h7-10,13H,4-6,11-12,17H2,1-3H3,(H,18,20). The molecule has 1 aromatic rings. The van der Waals surface area contributed by atoms with E-state index in [-0.39, 0.29) is 11.9 Å². The molecule has 4 nitrogen and oxygen atoms in total. The Kier molecular flexibility index (Phi) is 6.91. The molecule has 1 aromatic carbocycles. The molecule has 0 aliphatic carbocycles. The van der Waals surface area contributed by atoms with Gasteiger partial charge in [-0.25, -0.2) is 0 Å². The number of benzene rings is 1. The van der Waals surface area contributed by atoms with Gasteiger partial charge in [0.25, 0.3) is 0 Å². The number of amides is 1. The van der Waals surface area contributed by atoms with Crippen molar-refractivity contribution in [3.63, 3.8) is 0 Å². The van der Waals surface area contributed by atoms with E-state index >= 15 is 0 Å². The lowest BCUT2D eigenvalue weighted by Gasteiger charge is -2.30. The van der Waals surface area contributed by atoms with Crippen LogP contribution < -0.4 is 16.0 Å². The molecule has 3 N–H and O–H groups in total. The minimum Gasteiger partial charge on any atom is -0.399 e. The molecule has 20 heavy (non-hydrogen) atoms. The summed E-state index contributed by atoms with van der Waals surface area (Å²) in [6.07, 6.45) is 3.11. The van der Waals surface area contributed by atoms with Gasteiger partial charge in [0.1, 0.15) is 6.04 Å². The maximum Gasteiger partial charge on any atom is 0.242 e. The second kappa shape index (κ2) is 8.46. The average molecular weight is 277 g/mol. The molecule has 112 valence electrons. The van der Waals surface area contributed by atoms with E-state index in [0.29, 0.717) is 0 Å². The van der Waals surface area contributed by atoms with Crippen LogP contribution >= 0.6 is 0 Å². The number of anilines is 2. The maximum absolute atomic E-state index is 12.2. The fourth-order valence-corrected chi connectivity index (χ4v) is 2.13. The van der Waals surface area contributed by atoms with Crippen molar-refractivity contribution in [3.8, 4) is 0 Å². The average Bonchev–Trinajstić information content (AvgIpc) is 2.45. The number of nitrogens with zero attached hydrogens (tertiary/aromatic N) is 1. The Hall–Kier alpha value is -1.71. The number of carbonyl (C=O) groups excluding carboxylic acids is 1. The van der Waals surface area contributed by atoms with E-state index in [1.165, 1.54) is 0 Å². The molecule has 1 atom stereocenters. The van der Waals surface area contributed by atoms with Gasteiger partial charge in [-0.1, -0.05) is 20.3 Å². The highest BCUT2D eigenvalue weighted by Crippen LogP contribution is 2.19. The fraction of sp³-hybridized carbons (Fsp3) is 0.562. The number of unbranched alkanes of at least 4 members (excludes halogenated alkanes) is 1. The summed E-state index contributed by atoms with van der Waals surface area (Å²) in [5.74, 6) is 0.0868. The predicted molar refractivity (Wildman–Crippen MR) is 85.9 cm³/mol. The van der Waals surface area contributed by atoms with Crippen molar-refractivity contribution in [2.45, 2.75) is 46.1 Å². The first-order chi connectivity index (χ1) is 9.60. The van der Waals surface area contributed by atoms with E-state index in [1.807, 2.05) is 31.2 Å². The lowest BCUT2D eigenvalue weighted by molar-refractivity contribution is -0.122. The van der Waals surface area contributed by atoms with Gasteiger partial charge in [-0.15, -0.1) is 0 Å². The number of rotatable bonds is 8.